The van der Waals surface area contributed by atoms with Crippen molar-refractivity contribution in [3.8, 4) is 0 Å². The lowest BCUT2D eigenvalue weighted by molar-refractivity contribution is -0.145. The lowest BCUT2D eigenvalue weighted by atomic mass is 9.62. The van der Waals surface area contributed by atoms with Crippen LogP contribution in [0.25, 0.3) is 0 Å². The summed E-state index contributed by atoms with van der Waals surface area (Å²) in [5.41, 5.74) is 0.387. The predicted molar refractivity (Wildman–Crippen MR) is 148 cm³/mol. The number of hydrogen-bond donors (Lipinski definition) is 3. The third-order valence-electron chi connectivity index (χ3n) is 7.21. The van der Waals surface area contributed by atoms with E-state index in [9.17, 15) is 19.5 Å². The van der Waals surface area contributed by atoms with Crippen LogP contribution < -0.4 is 10.6 Å². The number of amides is 1. The summed E-state index contributed by atoms with van der Waals surface area (Å²) in [6.45, 7) is 1.83. The van der Waals surface area contributed by atoms with Gasteiger partial charge in [0.2, 0.25) is 0 Å². The summed E-state index contributed by atoms with van der Waals surface area (Å²) in [4.78, 5) is 41.9. The Morgan fingerprint density at radius 1 is 1.11 bits per heavy atom. The monoisotopic (exact) mass is 641 g/mol. The first-order chi connectivity index (χ1) is 17.1. The van der Waals surface area contributed by atoms with Crippen molar-refractivity contribution in [3.05, 3.63) is 67.1 Å². The molecule has 1 spiro atoms. The van der Waals surface area contributed by atoms with E-state index in [0.717, 1.165) is 43.4 Å². The van der Waals surface area contributed by atoms with Gasteiger partial charge in [0.15, 0.2) is 5.78 Å². The Balaban J connectivity index is 1.53. The number of ketones is 1. The second kappa shape index (κ2) is 10.7. The summed E-state index contributed by atoms with van der Waals surface area (Å²) in [5.74, 6) is -1.30. The zero-order valence-electron chi connectivity index (χ0n) is 19.7. The first-order valence-electron chi connectivity index (χ1n) is 11.8. The Morgan fingerprint density at radius 3 is 2.28 bits per heavy atom. The van der Waals surface area contributed by atoms with Gasteiger partial charge in [0.05, 0.1) is 24.6 Å². The van der Waals surface area contributed by atoms with Crippen LogP contribution in [0.5, 0.6) is 0 Å². The fourth-order valence-electron chi connectivity index (χ4n) is 5.05. The normalized spacial score (nSPS) is 18.4. The van der Waals surface area contributed by atoms with Crippen LogP contribution in [-0.2, 0) is 16.0 Å². The number of halogens is 3. The fraction of sp³-hybridized carbons (Fsp3) is 0.385. The summed E-state index contributed by atoms with van der Waals surface area (Å²) in [7, 11) is 0. The van der Waals surface area contributed by atoms with Crippen LogP contribution in [0.1, 0.15) is 61.4 Å². The molecule has 1 heterocycles. The first-order valence-corrected chi connectivity index (χ1v) is 13.6. The van der Waals surface area contributed by atoms with Crippen molar-refractivity contribution in [2.24, 2.45) is 5.41 Å². The number of Topliss-reactive ketones (excluding diaryl/α,β-unsaturated/α-hetero) is 1. The van der Waals surface area contributed by atoms with Gasteiger partial charge in [-0.25, -0.2) is 4.79 Å². The molecule has 10 heteroatoms. The number of carbonyl (C=O) groups is 3. The van der Waals surface area contributed by atoms with Crippen molar-refractivity contribution >= 4 is 69.1 Å². The van der Waals surface area contributed by atoms with Crippen molar-refractivity contribution in [2.75, 3.05) is 5.32 Å². The van der Waals surface area contributed by atoms with E-state index in [1.54, 1.807) is 24.3 Å². The Labute approximate surface area is 233 Å². The molecule has 0 saturated heterocycles. The van der Waals surface area contributed by atoms with E-state index in [1.807, 2.05) is 29.5 Å². The number of allylic oxidation sites excluding steroid dienone is 2. The summed E-state index contributed by atoms with van der Waals surface area (Å²) < 4.78 is 0.611. The predicted octanol–water partition coefficient (Wildman–Crippen LogP) is 6.19. The number of hydrogen-bond acceptors (Lipinski definition) is 5. The standard InChI is InChI=1S/C26H26Cl2IN3O4/c1-2-26(24(35)36,32-21-20(29)22(33)25(21)10-4-3-5-11-25)12-15-6-8-16(9-7-15)31-23(34)19-17(27)13-30-14-18(19)28/h6-9,13-14,32H,2-5,10-12H2,1H3,(H,31,34)(H,35,36)/t26-/m0/s1. The minimum atomic E-state index is -1.26. The molecule has 0 aliphatic heterocycles. The number of nitrogens with one attached hydrogen (secondary N) is 2. The smallest absolute Gasteiger partial charge is 0.329 e. The maximum Gasteiger partial charge on any atom is 0.329 e. The van der Waals surface area contributed by atoms with Crippen LogP contribution in [0.15, 0.2) is 45.9 Å². The Kier molecular flexibility index (Phi) is 7.97. The van der Waals surface area contributed by atoms with Crippen molar-refractivity contribution in [1.82, 2.24) is 10.3 Å². The van der Waals surface area contributed by atoms with E-state index in [0.29, 0.717) is 15.7 Å². The highest BCUT2D eigenvalue weighted by molar-refractivity contribution is 14.1. The topological polar surface area (TPSA) is 108 Å². The fourth-order valence-corrected chi connectivity index (χ4v) is 6.75. The number of anilines is 1. The van der Waals surface area contributed by atoms with Crippen LogP contribution in [0.3, 0.4) is 0 Å². The minimum Gasteiger partial charge on any atom is -0.479 e. The molecule has 1 atom stereocenters. The number of nitrogens with zero attached hydrogens (tertiary/aromatic N) is 1. The number of carbonyl (C=O) groups excluding carboxylic acids is 2. The molecule has 1 fully saturated rings. The minimum absolute atomic E-state index is 0.132. The molecule has 0 unspecified atom stereocenters. The van der Waals surface area contributed by atoms with Gasteiger partial charge >= 0.3 is 5.97 Å². The summed E-state index contributed by atoms with van der Waals surface area (Å²) >= 11 is 14.2. The van der Waals surface area contributed by atoms with E-state index in [1.165, 1.54) is 12.4 Å². The molecule has 7 nitrogen and oxygen atoms in total. The maximum atomic E-state index is 12.8. The SMILES string of the molecule is CC[C@@](Cc1ccc(NC(=O)c2c(Cl)cncc2Cl)cc1)(NC1=C(I)C(=O)C12CCCCC2)C(=O)O. The molecule has 1 aromatic heterocycles. The molecule has 2 aromatic rings. The van der Waals surface area contributed by atoms with Gasteiger partial charge in [0.1, 0.15) is 5.54 Å². The summed E-state index contributed by atoms with van der Waals surface area (Å²) in [6, 6.07) is 6.97. The largest absolute Gasteiger partial charge is 0.479 e. The highest BCUT2D eigenvalue weighted by atomic mass is 127. The van der Waals surface area contributed by atoms with Gasteiger partial charge in [0, 0.05) is 30.2 Å². The molecule has 4 rings (SSSR count). The molecule has 2 aliphatic carbocycles. The van der Waals surface area contributed by atoms with Gasteiger partial charge in [-0.3, -0.25) is 14.6 Å². The molecule has 1 saturated carbocycles. The zero-order valence-corrected chi connectivity index (χ0v) is 23.3. The molecular formula is C26H26Cl2IN3O4. The molecule has 1 amide bonds. The van der Waals surface area contributed by atoms with E-state index in [2.05, 4.69) is 15.6 Å². The van der Waals surface area contributed by atoms with Gasteiger partial charge in [-0.1, -0.05) is 61.5 Å². The van der Waals surface area contributed by atoms with Crippen LogP contribution in [0.2, 0.25) is 10.0 Å². The van der Waals surface area contributed by atoms with Crippen LogP contribution in [0, 0.1) is 5.41 Å². The van der Waals surface area contributed by atoms with Gasteiger partial charge < -0.3 is 15.7 Å². The van der Waals surface area contributed by atoms with E-state index in [-0.39, 0.29) is 27.8 Å². The highest BCUT2D eigenvalue weighted by Crippen LogP contribution is 2.54. The van der Waals surface area contributed by atoms with E-state index >= 15 is 0 Å². The van der Waals surface area contributed by atoms with Crippen molar-refractivity contribution in [1.29, 1.82) is 0 Å². The Hall–Kier alpha value is -2.17. The van der Waals surface area contributed by atoms with Gasteiger partial charge in [-0.15, -0.1) is 0 Å². The Bertz CT molecular complexity index is 1220. The second-order valence-corrected chi connectivity index (χ2v) is 11.2. The molecule has 0 bridgehead atoms. The quantitative estimate of drug-likeness (QED) is 0.297. The molecular weight excluding hydrogens is 616 g/mol. The van der Waals surface area contributed by atoms with Gasteiger partial charge in [-0.2, -0.15) is 0 Å². The number of benzene rings is 1. The van der Waals surface area contributed by atoms with E-state index in [4.69, 9.17) is 23.2 Å². The average molecular weight is 642 g/mol. The number of aromatic nitrogens is 1. The lowest BCUT2D eigenvalue weighted by Crippen LogP contribution is -2.60. The summed E-state index contributed by atoms with van der Waals surface area (Å²) in [5, 5.41) is 16.7. The molecule has 2 aliphatic rings. The second-order valence-electron chi connectivity index (χ2n) is 9.33. The number of aliphatic carboxylic acids is 1. The van der Waals surface area contributed by atoms with Gasteiger partial charge in [0.25, 0.3) is 5.91 Å². The van der Waals surface area contributed by atoms with Crippen LogP contribution in [-0.4, -0.2) is 33.3 Å². The van der Waals surface area contributed by atoms with Crippen molar-refractivity contribution in [2.45, 2.75) is 57.4 Å². The number of rotatable bonds is 8. The third kappa shape index (κ3) is 4.87. The molecule has 3 N–H and O–H groups in total. The van der Waals surface area contributed by atoms with Crippen LogP contribution >= 0.6 is 45.8 Å². The number of pyridine rings is 1. The third-order valence-corrected chi connectivity index (χ3v) is 8.82. The lowest BCUT2D eigenvalue weighted by Gasteiger charge is -2.48. The van der Waals surface area contributed by atoms with E-state index < -0.39 is 22.8 Å². The van der Waals surface area contributed by atoms with Gasteiger partial charge in [-0.05, 0) is 59.5 Å². The summed E-state index contributed by atoms with van der Waals surface area (Å²) in [6.07, 6.45) is 7.80. The average Bonchev–Trinajstić information content (AvgIpc) is 2.87. The van der Waals surface area contributed by atoms with Crippen LogP contribution in [0.4, 0.5) is 5.69 Å². The molecule has 36 heavy (non-hydrogen) atoms. The molecule has 0 radical (unpaired) electrons. The number of carboxylic acid groups (broad SMARTS) is 1. The molecule has 1 aromatic carbocycles. The van der Waals surface area contributed by atoms with Crippen molar-refractivity contribution < 1.29 is 19.5 Å². The van der Waals surface area contributed by atoms with Crippen molar-refractivity contribution in [3.63, 3.8) is 0 Å². The molecule has 190 valence electrons. The zero-order chi connectivity index (χ0) is 26.1. The number of carboxylic acids is 1. The highest BCUT2D eigenvalue weighted by Gasteiger charge is 2.55. The maximum absolute atomic E-state index is 12.8. The Morgan fingerprint density at radius 2 is 1.72 bits per heavy atom. The first kappa shape index (κ1) is 26.9.